The first-order chi connectivity index (χ1) is 24.9. The van der Waals surface area contributed by atoms with Crippen LogP contribution in [0.15, 0.2) is 131 Å². The normalized spacial score (nSPS) is 14.2. The van der Waals surface area contributed by atoms with Gasteiger partial charge in [-0.3, -0.25) is 0 Å². The molecule has 8 rings (SSSR count). The molecule has 0 saturated heterocycles. The van der Waals surface area contributed by atoms with E-state index in [4.69, 9.17) is 0 Å². The zero-order valence-corrected chi connectivity index (χ0v) is 34.8. The van der Waals surface area contributed by atoms with Gasteiger partial charge in [-0.15, -0.1) is 0 Å². The fraction of sp³-hybridized carbons (Fsp3) is 0.275. The molecule has 0 heterocycles. The Labute approximate surface area is 319 Å². The van der Waals surface area contributed by atoms with E-state index in [1.54, 1.807) is 17.6 Å². The molecule has 0 aliphatic heterocycles. The molecule has 0 amide bonds. The van der Waals surface area contributed by atoms with Crippen LogP contribution in [0, 0.1) is 13.8 Å². The molecule has 260 valence electrons. The van der Waals surface area contributed by atoms with Gasteiger partial charge >= 0.3 is 321 Å². The van der Waals surface area contributed by atoms with Gasteiger partial charge in [0.05, 0.1) is 0 Å². The van der Waals surface area contributed by atoms with Crippen molar-refractivity contribution in [2.75, 3.05) is 0 Å². The molecule has 0 radical (unpaired) electrons. The zero-order chi connectivity index (χ0) is 36.4. The molecular weight excluding hydrogens is 704 g/mol. The average Bonchev–Trinajstić information content (AvgIpc) is 3.74. The second-order valence-electron chi connectivity index (χ2n) is 17.4. The van der Waals surface area contributed by atoms with Gasteiger partial charge in [-0.25, -0.2) is 0 Å². The summed E-state index contributed by atoms with van der Waals surface area (Å²) in [5.41, 5.74) is 15.0. The Balaban J connectivity index is 1.45. The Morgan fingerprint density at radius 1 is 0.596 bits per heavy atom. The minimum absolute atomic E-state index is 0.0778. The van der Waals surface area contributed by atoms with Gasteiger partial charge in [0.2, 0.25) is 0 Å². The molecule has 2 aliphatic rings. The van der Waals surface area contributed by atoms with Crippen LogP contribution in [0.4, 0.5) is 0 Å². The third kappa shape index (κ3) is 6.39. The van der Waals surface area contributed by atoms with Crippen LogP contribution in [0.2, 0.25) is 0 Å². The summed E-state index contributed by atoms with van der Waals surface area (Å²) in [6, 6.07) is 42.4. The van der Waals surface area contributed by atoms with Crippen LogP contribution in [0.1, 0.15) is 96.1 Å². The second kappa shape index (κ2) is 13.5. The van der Waals surface area contributed by atoms with Crippen LogP contribution < -0.4 is 0 Å². The quantitative estimate of drug-likeness (QED) is 0.159. The summed E-state index contributed by atoms with van der Waals surface area (Å²) in [6.07, 6.45) is 10.4. The molecule has 0 unspecified atom stereocenters. The number of rotatable bonds is 6. The van der Waals surface area contributed by atoms with E-state index in [1.807, 2.05) is 0 Å². The van der Waals surface area contributed by atoms with E-state index < -0.39 is 21.3 Å². The summed E-state index contributed by atoms with van der Waals surface area (Å²) in [5.74, 6) is 0. The average molecular weight is 756 g/mol. The standard InChI is InChI=1S/C23H18.C23H29.C5H5.Zr/c1-3-16-22-18(8-1)10-5-12-20(22)14-7-15-21-13-6-11-19-9-2-4-17-23(19)21;1-14-9-16-11-17-10-15(2)21(23(6,7)8)13-19(17)18(16)12-20(14)22(3,4)5;1-2-4-5-3-1;/h1-6,8-13,16-17H,14-15H2;9-13H,1-8H3;1-3H,4H2;. The number of allylic oxidation sites excluding steroid dienone is 4. The molecule has 0 N–H and O–H groups in total. The summed E-state index contributed by atoms with van der Waals surface area (Å²) in [6.45, 7) is 19.0. The van der Waals surface area contributed by atoms with Gasteiger partial charge < -0.3 is 0 Å². The first-order valence-corrected chi connectivity index (χ1v) is 23.1. The molecule has 0 fully saturated rings. The van der Waals surface area contributed by atoms with E-state index in [9.17, 15) is 0 Å². The van der Waals surface area contributed by atoms with Crippen LogP contribution >= 0.6 is 0 Å². The number of fused-ring (bicyclic) bond motifs is 5. The maximum atomic E-state index is 2.63. The molecule has 0 bridgehead atoms. The zero-order valence-electron chi connectivity index (χ0n) is 32.3. The van der Waals surface area contributed by atoms with Crippen molar-refractivity contribution < 1.29 is 21.3 Å². The predicted octanol–water partition coefficient (Wildman–Crippen LogP) is 13.4. The Kier molecular flexibility index (Phi) is 9.11. The molecule has 52 heavy (non-hydrogen) atoms. The Bertz CT molecular complexity index is 2310. The number of hydrogen-bond donors (Lipinski definition) is 0. The van der Waals surface area contributed by atoms with Crippen molar-refractivity contribution >= 4 is 24.8 Å². The van der Waals surface area contributed by atoms with E-state index in [1.165, 1.54) is 66.1 Å². The van der Waals surface area contributed by atoms with Gasteiger partial charge in [0.25, 0.3) is 0 Å². The molecule has 0 aromatic heterocycles. The molecule has 6 aromatic carbocycles. The Morgan fingerprint density at radius 2 is 1.06 bits per heavy atom. The first kappa shape index (κ1) is 35.1. The summed E-state index contributed by atoms with van der Waals surface area (Å²) in [7, 11) is 0. The van der Waals surface area contributed by atoms with Gasteiger partial charge in [-0.2, -0.15) is 0 Å². The third-order valence-corrected chi connectivity index (χ3v) is 20.0. The summed E-state index contributed by atoms with van der Waals surface area (Å²) in [5, 5.41) is 5.46. The van der Waals surface area contributed by atoms with Crippen LogP contribution in [-0.4, -0.2) is 3.21 Å². The van der Waals surface area contributed by atoms with Crippen molar-refractivity contribution in [3.05, 3.63) is 175 Å². The molecule has 0 atom stereocenters. The van der Waals surface area contributed by atoms with Crippen LogP contribution in [0.25, 0.3) is 32.7 Å². The Morgan fingerprint density at radius 3 is 1.50 bits per heavy atom. The van der Waals surface area contributed by atoms with Crippen molar-refractivity contribution in [3.63, 3.8) is 0 Å². The van der Waals surface area contributed by atoms with Gasteiger partial charge in [-0.1, -0.05) is 0 Å². The topological polar surface area (TPSA) is 0 Å². The van der Waals surface area contributed by atoms with E-state index in [-0.39, 0.29) is 10.8 Å². The van der Waals surface area contributed by atoms with Gasteiger partial charge in [0.15, 0.2) is 0 Å². The number of aryl methyl sites for hydroxylation is 2. The van der Waals surface area contributed by atoms with E-state index >= 15 is 0 Å². The van der Waals surface area contributed by atoms with Gasteiger partial charge in [0.1, 0.15) is 0 Å². The van der Waals surface area contributed by atoms with Crippen molar-refractivity contribution in [1.82, 2.24) is 0 Å². The number of benzene rings is 6. The van der Waals surface area contributed by atoms with E-state index in [2.05, 4.69) is 183 Å². The molecule has 0 spiro atoms. The van der Waals surface area contributed by atoms with E-state index in [0.29, 0.717) is 3.63 Å². The van der Waals surface area contributed by atoms with E-state index in [0.717, 1.165) is 19.3 Å². The first-order valence-electron chi connectivity index (χ1n) is 19.2. The van der Waals surface area contributed by atoms with Crippen LogP contribution in [-0.2, 0) is 44.9 Å². The minimum atomic E-state index is -2.75. The van der Waals surface area contributed by atoms with Crippen molar-refractivity contribution in [3.8, 4) is 11.1 Å². The monoisotopic (exact) mass is 754 g/mol. The SMILES string of the molecule is Cc1cc2c(cc1C(C)(C)C)-c1cc(C(C)(C)C)c(C)cc1[CH]2[Zr]([C]1=CC=CC1)=[C](Cc1cccc2ccccc12)Cc1cccc2ccccc12. The molecule has 0 nitrogen and oxygen atoms in total. The van der Waals surface area contributed by atoms with Gasteiger partial charge in [-0.05, 0) is 0 Å². The molecular formula is C51H52Zr. The molecule has 2 aliphatic carbocycles. The van der Waals surface area contributed by atoms with Crippen molar-refractivity contribution in [2.24, 2.45) is 0 Å². The third-order valence-electron chi connectivity index (χ3n) is 11.7. The maximum absolute atomic E-state index is 2.75. The summed E-state index contributed by atoms with van der Waals surface area (Å²) >= 11 is -2.75. The summed E-state index contributed by atoms with van der Waals surface area (Å²) < 4.78 is 3.96. The fourth-order valence-corrected chi connectivity index (χ4v) is 18.5. The van der Waals surface area contributed by atoms with Crippen LogP contribution in [0.5, 0.6) is 0 Å². The molecule has 1 heteroatoms. The molecule has 6 aromatic rings. The van der Waals surface area contributed by atoms with Crippen molar-refractivity contribution in [2.45, 2.75) is 89.1 Å². The summed E-state index contributed by atoms with van der Waals surface area (Å²) in [4.78, 5) is 0. The molecule has 0 saturated carbocycles. The van der Waals surface area contributed by atoms with Crippen LogP contribution in [0.3, 0.4) is 0 Å². The Hall–Kier alpha value is -3.93. The van der Waals surface area contributed by atoms with Crippen molar-refractivity contribution in [1.29, 1.82) is 0 Å². The van der Waals surface area contributed by atoms with Gasteiger partial charge in [0, 0.05) is 0 Å². The second-order valence-corrected chi connectivity index (χ2v) is 24.2. The predicted molar refractivity (Wildman–Crippen MR) is 223 cm³/mol. The fourth-order valence-electron chi connectivity index (χ4n) is 9.37. The number of hydrogen-bond acceptors (Lipinski definition) is 0.